The summed E-state index contributed by atoms with van der Waals surface area (Å²) in [6.07, 6.45) is 4.60. The average Bonchev–Trinajstić information content (AvgIpc) is 3.08. The largest absolute Gasteiger partial charge is 0.476 e. The van der Waals surface area contributed by atoms with Crippen LogP contribution in [0.25, 0.3) is 0 Å². The Morgan fingerprint density at radius 1 is 0.889 bits per heavy atom. The lowest BCUT2D eigenvalue weighted by molar-refractivity contribution is -0.158. The van der Waals surface area contributed by atoms with E-state index in [4.69, 9.17) is 9.47 Å². The first kappa shape index (κ1) is 27.3. The van der Waals surface area contributed by atoms with E-state index in [0.717, 1.165) is 30.5 Å². The van der Waals surface area contributed by atoms with E-state index in [1.54, 1.807) is 29.9 Å². The summed E-state index contributed by atoms with van der Waals surface area (Å²) in [4.78, 5) is 24.8. The van der Waals surface area contributed by atoms with E-state index in [-0.39, 0.29) is 17.1 Å². The monoisotopic (exact) mass is 492 g/mol. The maximum absolute atomic E-state index is 12.8. The average molecular weight is 493 g/mol. The Bertz CT molecular complexity index is 1210. The number of aromatic nitrogens is 2. The third kappa shape index (κ3) is 6.90. The van der Waals surface area contributed by atoms with E-state index >= 15 is 0 Å². The van der Waals surface area contributed by atoms with Crippen LogP contribution < -0.4 is 10.4 Å². The van der Waals surface area contributed by atoms with Crippen molar-refractivity contribution in [2.24, 2.45) is 7.05 Å². The molecule has 2 aromatic carbocycles. The van der Waals surface area contributed by atoms with Crippen molar-refractivity contribution in [1.82, 2.24) is 9.13 Å². The molecule has 36 heavy (non-hydrogen) atoms. The zero-order valence-electron chi connectivity index (χ0n) is 22.8. The highest BCUT2D eigenvalue weighted by Crippen LogP contribution is 2.23. The molecule has 194 valence electrons. The molecule has 3 rings (SSSR count). The van der Waals surface area contributed by atoms with Crippen molar-refractivity contribution in [3.63, 3.8) is 0 Å². The predicted octanol–water partition coefficient (Wildman–Crippen LogP) is 5.43. The number of esters is 1. The van der Waals surface area contributed by atoms with Gasteiger partial charge >= 0.3 is 11.7 Å². The van der Waals surface area contributed by atoms with E-state index in [1.807, 2.05) is 37.5 Å². The number of imidazole rings is 1. The van der Waals surface area contributed by atoms with Crippen molar-refractivity contribution in [2.45, 2.75) is 78.4 Å². The van der Waals surface area contributed by atoms with Crippen LogP contribution in [0.3, 0.4) is 0 Å². The highest BCUT2D eigenvalue weighted by atomic mass is 16.6. The maximum atomic E-state index is 12.8. The van der Waals surface area contributed by atoms with Gasteiger partial charge in [-0.05, 0) is 74.3 Å². The molecule has 1 heterocycles. The number of carbonyl (C=O) groups is 1. The van der Waals surface area contributed by atoms with Crippen LogP contribution in [0, 0.1) is 0 Å². The highest BCUT2D eigenvalue weighted by Gasteiger charge is 2.31. The highest BCUT2D eigenvalue weighted by molar-refractivity contribution is 5.79. The molecule has 0 spiro atoms. The molecule has 0 saturated heterocycles. The molecule has 6 heteroatoms. The summed E-state index contributed by atoms with van der Waals surface area (Å²) in [6.45, 7) is 12.7. The lowest BCUT2D eigenvalue weighted by Crippen LogP contribution is -2.39. The molecule has 0 amide bonds. The molecule has 0 bridgehead atoms. The van der Waals surface area contributed by atoms with Crippen LogP contribution in [-0.2, 0) is 41.4 Å². The lowest BCUT2D eigenvalue weighted by atomic mass is 9.87. The standard InChI is InChI=1S/C30H40N2O4/c1-8-35-27(33)30(5,6)36-26-18-14-22(15-19-26)10-9-11-25-21-32(28(34)31(25)7)20-23-12-16-24(17-13-23)29(2,3)4/h12-19,21H,8-11,20H2,1-7H3. The molecule has 6 nitrogen and oxygen atoms in total. The molecular formula is C30H40N2O4. The van der Waals surface area contributed by atoms with Gasteiger partial charge in [-0.3, -0.25) is 9.13 Å². The summed E-state index contributed by atoms with van der Waals surface area (Å²) in [7, 11) is 1.84. The van der Waals surface area contributed by atoms with Crippen LogP contribution >= 0.6 is 0 Å². The minimum atomic E-state index is -1.04. The third-order valence-electron chi connectivity index (χ3n) is 6.40. The predicted molar refractivity (Wildman–Crippen MR) is 144 cm³/mol. The van der Waals surface area contributed by atoms with Gasteiger partial charge in [-0.25, -0.2) is 9.59 Å². The van der Waals surface area contributed by atoms with Gasteiger partial charge in [0, 0.05) is 18.9 Å². The second kappa shape index (κ2) is 11.2. The quantitative estimate of drug-likeness (QED) is 0.354. The van der Waals surface area contributed by atoms with Crippen molar-refractivity contribution < 1.29 is 14.3 Å². The smallest absolute Gasteiger partial charge is 0.349 e. The molecule has 0 unspecified atom stereocenters. The van der Waals surface area contributed by atoms with Gasteiger partial charge in [0.05, 0.1) is 13.2 Å². The number of ether oxygens (including phenoxy) is 2. The van der Waals surface area contributed by atoms with Crippen LogP contribution in [0.2, 0.25) is 0 Å². The summed E-state index contributed by atoms with van der Waals surface area (Å²) in [5, 5.41) is 0. The van der Waals surface area contributed by atoms with Crippen molar-refractivity contribution >= 4 is 5.97 Å². The lowest BCUT2D eigenvalue weighted by Gasteiger charge is -2.24. The van der Waals surface area contributed by atoms with Gasteiger partial charge in [-0.15, -0.1) is 0 Å². The number of nitrogens with zero attached hydrogens (tertiary/aromatic N) is 2. The first-order chi connectivity index (χ1) is 16.9. The van der Waals surface area contributed by atoms with Gasteiger partial charge in [0.15, 0.2) is 5.60 Å². The van der Waals surface area contributed by atoms with Gasteiger partial charge < -0.3 is 9.47 Å². The van der Waals surface area contributed by atoms with E-state index in [2.05, 4.69) is 45.0 Å². The molecule has 0 N–H and O–H groups in total. The number of carbonyl (C=O) groups excluding carboxylic acids is 1. The number of hydrogen-bond acceptors (Lipinski definition) is 4. The Kier molecular flexibility index (Phi) is 8.49. The minimum Gasteiger partial charge on any atom is -0.476 e. The van der Waals surface area contributed by atoms with Gasteiger partial charge in [0.25, 0.3) is 0 Å². The number of hydrogen-bond donors (Lipinski definition) is 0. The minimum absolute atomic E-state index is 0.00983. The van der Waals surface area contributed by atoms with Crippen molar-refractivity contribution in [2.75, 3.05) is 6.61 Å². The van der Waals surface area contributed by atoms with E-state index in [1.165, 1.54) is 11.1 Å². The maximum Gasteiger partial charge on any atom is 0.349 e. The Morgan fingerprint density at radius 3 is 2.08 bits per heavy atom. The molecule has 0 fully saturated rings. The zero-order valence-corrected chi connectivity index (χ0v) is 22.8. The van der Waals surface area contributed by atoms with E-state index < -0.39 is 5.60 Å². The zero-order chi connectivity index (χ0) is 26.5. The SMILES string of the molecule is CCOC(=O)C(C)(C)Oc1ccc(CCCc2cn(Cc3ccc(C(C)(C)C)cc3)c(=O)n2C)cc1. The fourth-order valence-corrected chi connectivity index (χ4v) is 4.13. The third-order valence-corrected chi connectivity index (χ3v) is 6.40. The Morgan fingerprint density at radius 2 is 1.50 bits per heavy atom. The van der Waals surface area contributed by atoms with Gasteiger partial charge in [0.2, 0.25) is 0 Å². The van der Waals surface area contributed by atoms with Crippen LogP contribution in [0.15, 0.2) is 59.5 Å². The molecule has 0 atom stereocenters. The van der Waals surface area contributed by atoms with Crippen molar-refractivity contribution in [3.05, 3.63) is 87.6 Å². The second-order valence-electron chi connectivity index (χ2n) is 10.9. The molecule has 1 aromatic heterocycles. The topological polar surface area (TPSA) is 62.5 Å². The van der Waals surface area contributed by atoms with E-state index in [0.29, 0.717) is 18.9 Å². The van der Waals surface area contributed by atoms with Crippen LogP contribution in [0.5, 0.6) is 5.75 Å². The summed E-state index contributed by atoms with van der Waals surface area (Å²) in [5.41, 5.74) is 3.70. The fourth-order valence-electron chi connectivity index (χ4n) is 4.13. The molecule has 3 aromatic rings. The van der Waals surface area contributed by atoms with E-state index in [9.17, 15) is 9.59 Å². The molecular weight excluding hydrogens is 452 g/mol. The summed E-state index contributed by atoms with van der Waals surface area (Å²) >= 11 is 0. The second-order valence-corrected chi connectivity index (χ2v) is 10.9. The molecule has 0 saturated carbocycles. The summed E-state index contributed by atoms with van der Waals surface area (Å²) in [6, 6.07) is 16.3. The molecule has 0 aliphatic rings. The first-order valence-electron chi connectivity index (χ1n) is 12.7. The number of rotatable bonds is 10. The first-order valence-corrected chi connectivity index (χ1v) is 12.7. The van der Waals surface area contributed by atoms with Crippen LogP contribution in [0.1, 0.15) is 70.3 Å². The molecule has 0 radical (unpaired) electrons. The van der Waals surface area contributed by atoms with Gasteiger partial charge in [-0.1, -0.05) is 57.2 Å². The Hall–Kier alpha value is -3.28. The van der Waals surface area contributed by atoms with Crippen molar-refractivity contribution in [1.29, 1.82) is 0 Å². The fraction of sp³-hybridized carbons (Fsp3) is 0.467. The number of benzene rings is 2. The Balaban J connectivity index is 1.56. The Labute approximate surface area is 214 Å². The molecule has 0 aliphatic carbocycles. The summed E-state index contributed by atoms with van der Waals surface area (Å²) in [5.74, 6) is 0.250. The van der Waals surface area contributed by atoms with Crippen LogP contribution in [0.4, 0.5) is 0 Å². The van der Waals surface area contributed by atoms with Crippen molar-refractivity contribution in [3.8, 4) is 5.75 Å². The van der Waals surface area contributed by atoms with Gasteiger partial charge in [-0.2, -0.15) is 0 Å². The number of aryl methyl sites for hydroxylation is 2. The summed E-state index contributed by atoms with van der Waals surface area (Å²) < 4.78 is 14.4. The molecule has 0 aliphatic heterocycles. The van der Waals surface area contributed by atoms with Gasteiger partial charge in [0.1, 0.15) is 5.75 Å². The normalized spacial score (nSPS) is 12.0. The van der Waals surface area contributed by atoms with Crippen LogP contribution in [-0.4, -0.2) is 27.3 Å².